The van der Waals surface area contributed by atoms with Crippen LogP contribution in [0.3, 0.4) is 0 Å². The van der Waals surface area contributed by atoms with Gasteiger partial charge in [0.1, 0.15) is 11.9 Å². The first-order valence-corrected chi connectivity index (χ1v) is 5.85. The maximum absolute atomic E-state index is 10.9. The summed E-state index contributed by atoms with van der Waals surface area (Å²) in [4.78, 5) is 10.9. The number of methoxy groups -OCH3 is 1. The lowest BCUT2D eigenvalue weighted by atomic mass is 10.0. The molecule has 3 heteroatoms. The van der Waals surface area contributed by atoms with Crippen molar-refractivity contribution in [3.63, 3.8) is 0 Å². The van der Waals surface area contributed by atoms with E-state index in [4.69, 9.17) is 9.47 Å². The number of benzene rings is 2. The van der Waals surface area contributed by atoms with Crippen LogP contribution in [0.25, 0.3) is 10.8 Å². The van der Waals surface area contributed by atoms with Gasteiger partial charge in [0.25, 0.3) is 0 Å². The average Bonchev–Trinajstić information content (AvgIpc) is 2.36. The topological polar surface area (TPSA) is 35.5 Å². The number of hydrogen-bond acceptors (Lipinski definition) is 3. The highest BCUT2D eigenvalue weighted by Gasteiger charge is 2.09. The van der Waals surface area contributed by atoms with Crippen LogP contribution in [0.5, 0.6) is 5.75 Å². The van der Waals surface area contributed by atoms with Crippen LogP contribution < -0.4 is 4.74 Å². The Labute approximate surface area is 106 Å². The molecule has 0 aliphatic rings. The van der Waals surface area contributed by atoms with Crippen molar-refractivity contribution in [2.24, 2.45) is 0 Å². The van der Waals surface area contributed by atoms with E-state index in [0.29, 0.717) is 0 Å². The smallest absolute Gasteiger partial charge is 0.303 e. The predicted octanol–water partition coefficient (Wildman–Crippen LogP) is 3.47. The van der Waals surface area contributed by atoms with E-state index in [0.717, 1.165) is 22.1 Å². The van der Waals surface area contributed by atoms with Crippen molar-refractivity contribution in [2.45, 2.75) is 20.0 Å². The van der Waals surface area contributed by atoms with Gasteiger partial charge in [-0.3, -0.25) is 4.79 Å². The highest BCUT2D eigenvalue weighted by molar-refractivity contribution is 5.84. The van der Waals surface area contributed by atoms with Gasteiger partial charge >= 0.3 is 5.97 Å². The van der Waals surface area contributed by atoms with Gasteiger partial charge in [-0.05, 0) is 41.5 Å². The molecular weight excluding hydrogens is 228 g/mol. The van der Waals surface area contributed by atoms with Crippen LogP contribution >= 0.6 is 0 Å². The van der Waals surface area contributed by atoms with Crippen molar-refractivity contribution in [1.29, 1.82) is 0 Å². The van der Waals surface area contributed by atoms with Crippen molar-refractivity contribution >= 4 is 16.7 Å². The molecule has 94 valence electrons. The molecule has 0 bridgehead atoms. The van der Waals surface area contributed by atoms with Crippen LogP contribution in [0, 0.1) is 0 Å². The second-order valence-electron chi connectivity index (χ2n) is 4.22. The zero-order chi connectivity index (χ0) is 13.1. The molecule has 3 nitrogen and oxygen atoms in total. The van der Waals surface area contributed by atoms with E-state index in [-0.39, 0.29) is 12.1 Å². The maximum atomic E-state index is 10.9. The molecule has 2 aromatic rings. The van der Waals surface area contributed by atoms with Crippen LogP contribution in [0.1, 0.15) is 25.5 Å². The van der Waals surface area contributed by atoms with Gasteiger partial charge in [0.15, 0.2) is 0 Å². The summed E-state index contributed by atoms with van der Waals surface area (Å²) in [5.41, 5.74) is 0.989. The summed E-state index contributed by atoms with van der Waals surface area (Å²) in [5.74, 6) is 0.570. The van der Waals surface area contributed by atoms with E-state index in [2.05, 4.69) is 0 Å². The maximum Gasteiger partial charge on any atom is 0.303 e. The normalized spacial score (nSPS) is 12.2. The van der Waals surface area contributed by atoms with Crippen molar-refractivity contribution in [3.05, 3.63) is 42.0 Å². The van der Waals surface area contributed by atoms with Gasteiger partial charge < -0.3 is 9.47 Å². The molecule has 18 heavy (non-hydrogen) atoms. The summed E-state index contributed by atoms with van der Waals surface area (Å²) in [6.45, 7) is 3.29. The van der Waals surface area contributed by atoms with E-state index in [9.17, 15) is 4.79 Å². The Balaban J connectivity index is 2.35. The minimum Gasteiger partial charge on any atom is -0.497 e. The number of fused-ring (bicyclic) bond motifs is 1. The molecular formula is C15H16O3. The van der Waals surface area contributed by atoms with Crippen molar-refractivity contribution in [1.82, 2.24) is 0 Å². The van der Waals surface area contributed by atoms with Crippen molar-refractivity contribution in [3.8, 4) is 5.75 Å². The van der Waals surface area contributed by atoms with Gasteiger partial charge in [-0.25, -0.2) is 0 Å². The average molecular weight is 244 g/mol. The number of hydrogen-bond donors (Lipinski definition) is 0. The van der Waals surface area contributed by atoms with Gasteiger partial charge in [0.05, 0.1) is 7.11 Å². The lowest BCUT2D eigenvalue weighted by Crippen LogP contribution is -2.04. The van der Waals surface area contributed by atoms with Crippen LogP contribution in [-0.4, -0.2) is 13.1 Å². The lowest BCUT2D eigenvalue weighted by molar-refractivity contribution is -0.145. The molecule has 0 aliphatic carbocycles. The molecule has 2 aromatic carbocycles. The molecule has 0 aliphatic heterocycles. The standard InChI is InChI=1S/C15H16O3/c1-10(18-11(2)16)12-4-5-14-9-15(17-3)7-6-13(14)8-12/h4-10H,1-3H3/t10-/m0/s1. The zero-order valence-corrected chi connectivity index (χ0v) is 10.8. The molecule has 0 saturated carbocycles. The Morgan fingerprint density at radius 1 is 1.11 bits per heavy atom. The largest absolute Gasteiger partial charge is 0.497 e. The first kappa shape index (κ1) is 12.4. The van der Waals surface area contributed by atoms with Gasteiger partial charge in [0.2, 0.25) is 0 Å². The van der Waals surface area contributed by atoms with E-state index >= 15 is 0 Å². The molecule has 0 unspecified atom stereocenters. The van der Waals surface area contributed by atoms with Crippen molar-refractivity contribution < 1.29 is 14.3 Å². The summed E-state index contributed by atoms with van der Waals surface area (Å²) >= 11 is 0. The monoisotopic (exact) mass is 244 g/mol. The van der Waals surface area contributed by atoms with E-state index < -0.39 is 0 Å². The molecule has 0 N–H and O–H groups in total. The fraction of sp³-hybridized carbons (Fsp3) is 0.267. The number of carbonyl (C=O) groups is 1. The fourth-order valence-electron chi connectivity index (χ4n) is 1.94. The molecule has 1 atom stereocenters. The Hall–Kier alpha value is -2.03. The molecule has 2 rings (SSSR count). The summed E-state index contributed by atoms with van der Waals surface area (Å²) in [5, 5.41) is 2.21. The predicted molar refractivity (Wildman–Crippen MR) is 70.7 cm³/mol. The fourth-order valence-corrected chi connectivity index (χ4v) is 1.94. The third kappa shape index (κ3) is 2.62. The summed E-state index contributed by atoms with van der Waals surface area (Å²) in [6, 6.07) is 11.9. The summed E-state index contributed by atoms with van der Waals surface area (Å²) < 4.78 is 10.3. The SMILES string of the molecule is COc1ccc2cc([C@H](C)OC(C)=O)ccc2c1. The minimum absolute atomic E-state index is 0.228. The second kappa shape index (κ2) is 5.08. The van der Waals surface area contributed by atoms with Crippen molar-refractivity contribution in [2.75, 3.05) is 7.11 Å². The Morgan fingerprint density at radius 2 is 1.78 bits per heavy atom. The summed E-state index contributed by atoms with van der Waals surface area (Å²) in [6.07, 6.45) is -0.228. The Kier molecular flexibility index (Phi) is 3.51. The number of esters is 1. The molecule has 0 heterocycles. The molecule has 0 spiro atoms. The van der Waals surface area contributed by atoms with Crippen LogP contribution in [0.4, 0.5) is 0 Å². The van der Waals surface area contributed by atoms with E-state index in [1.165, 1.54) is 6.92 Å². The number of carbonyl (C=O) groups excluding carboxylic acids is 1. The zero-order valence-electron chi connectivity index (χ0n) is 10.8. The van der Waals surface area contributed by atoms with E-state index in [1.807, 2.05) is 43.3 Å². The first-order chi connectivity index (χ1) is 8.60. The highest BCUT2D eigenvalue weighted by atomic mass is 16.5. The van der Waals surface area contributed by atoms with E-state index in [1.54, 1.807) is 7.11 Å². The third-order valence-electron chi connectivity index (χ3n) is 2.88. The Bertz CT molecular complexity index is 575. The lowest BCUT2D eigenvalue weighted by Gasteiger charge is -2.13. The first-order valence-electron chi connectivity index (χ1n) is 5.85. The quantitative estimate of drug-likeness (QED) is 0.775. The van der Waals surface area contributed by atoms with Gasteiger partial charge in [-0.1, -0.05) is 18.2 Å². The van der Waals surface area contributed by atoms with Crippen LogP contribution in [0.2, 0.25) is 0 Å². The minimum atomic E-state index is -0.266. The number of rotatable bonds is 3. The molecule has 0 fully saturated rings. The second-order valence-corrected chi connectivity index (χ2v) is 4.22. The number of ether oxygens (including phenoxy) is 2. The van der Waals surface area contributed by atoms with Crippen LogP contribution in [-0.2, 0) is 9.53 Å². The van der Waals surface area contributed by atoms with Gasteiger partial charge in [-0.15, -0.1) is 0 Å². The molecule has 0 amide bonds. The highest BCUT2D eigenvalue weighted by Crippen LogP contribution is 2.25. The molecule has 0 aromatic heterocycles. The van der Waals surface area contributed by atoms with Crippen LogP contribution in [0.15, 0.2) is 36.4 Å². The van der Waals surface area contributed by atoms with Gasteiger partial charge in [0, 0.05) is 6.92 Å². The third-order valence-corrected chi connectivity index (χ3v) is 2.88. The molecule has 0 saturated heterocycles. The summed E-state index contributed by atoms with van der Waals surface area (Å²) in [7, 11) is 1.65. The van der Waals surface area contributed by atoms with Gasteiger partial charge in [-0.2, -0.15) is 0 Å². The molecule has 0 radical (unpaired) electrons. The Morgan fingerprint density at radius 3 is 2.44 bits per heavy atom.